The molecule has 0 bridgehead atoms. The number of fused-ring (bicyclic) bond motifs is 1. The number of Topliss-reactive ketones (excluding diaryl/α,β-unsaturated/α-hetero) is 1. The lowest BCUT2D eigenvalue weighted by Gasteiger charge is -2.36. The maximum atomic E-state index is 14.6. The Hall–Kier alpha value is -4.53. The Kier molecular flexibility index (Phi) is 13.5. The normalized spacial score (nSPS) is 23.5. The van der Waals surface area contributed by atoms with Crippen LogP contribution < -0.4 is 21.3 Å². The SMILES string of the molecule is CN(C)C(=O)[C@@H](NC(=O)CNC(=O)C(=O)C(CC1CC1)NC(=O)C1[C@H]2CC(C)(C)OC2CN1C(=O)[C@@H](NC(=O)OC(C)(C)C)C1CCCCC1)c1ccccc1. The number of amides is 6. The molecule has 6 atom stereocenters. The summed E-state index contributed by atoms with van der Waals surface area (Å²) in [5, 5.41) is 10.7. The van der Waals surface area contributed by atoms with Crippen LogP contribution in [0, 0.1) is 17.8 Å². The van der Waals surface area contributed by atoms with Crippen LogP contribution in [0.2, 0.25) is 0 Å². The summed E-state index contributed by atoms with van der Waals surface area (Å²) in [7, 11) is 3.13. The van der Waals surface area contributed by atoms with Gasteiger partial charge in [-0.25, -0.2) is 4.79 Å². The quantitative estimate of drug-likeness (QED) is 0.206. The van der Waals surface area contributed by atoms with Crippen LogP contribution in [-0.2, 0) is 38.2 Å². The van der Waals surface area contributed by atoms with Crippen molar-refractivity contribution in [3.63, 3.8) is 0 Å². The van der Waals surface area contributed by atoms with Crippen molar-refractivity contribution in [2.45, 2.75) is 134 Å². The monoisotopic (exact) mass is 780 g/mol. The van der Waals surface area contributed by atoms with Crippen LogP contribution in [0.3, 0.4) is 0 Å². The highest BCUT2D eigenvalue weighted by molar-refractivity contribution is 6.38. The Morgan fingerprint density at radius 2 is 1.59 bits per heavy atom. The first kappa shape index (κ1) is 42.6. The van der Waals surface area contributed by atoms with Crippen molar-refractivity contribution in [2.24, 2.45) is 17.8 Å². The molecule has 2 aliphatic carbocycles. The van der Waals surface area contributed by atoms with E-state index in [2.05, 4.69) is 21.3 Å². The molecule has 1 aromatic rings. The van der Waals surface area contributed by atoms with Gasteiger partial charge in [0.15, 0.2) is 0 Å². The molecule has 4 aliphatic rings. The Morgan fingerprint density at radius 3 is 2.20 bits per heavy atom. The van der Waals surface area contributed by atoms with Gasteiger partial charge in [-0.3, -0.25) is 28.8 Å². The second-order valence-electron chi connectivity index (χ2n) is 17.7. The van der Waals surface area contributed by atoms with Gasteiger partial charge in [0.05, 0.1) is 24.3 Å². The van der Waals surface area contributed by atoms with E-state index < -0.39 is 83.5 Å². The summed E-state index contributed by atoms with van der Waals surface area (Å²) in [4.78, 5) is 97.8. The molecule has 5 rings (SSSR count). The zero-order chi connectivity index (χ0) is 40.9. The molecule has 15 nitrogen and oxygen atoms in total. The van der Waals surface area contributed by atoms with Crippen LogP contribution in [-0.4, -0.2) is 114 Å². The molecule has 0 radical (unpaired) electrons. The highest BCUT2D eigenvalue weighted by atomic mass is 16.6. The first-order valence-corrected chi connectivity index (χ1v) is 20.0. The molecule has 56 heavy (non-hydrogen) atoms. The number of ether oxygens (including phenoxy) is 2. The standard InChI is InChI=1S/C41H60N6O9/c1-40(2,3)56-39(54)45-32(26-16-12-9-13-17-26)38(53)47-23-29-27(21-41(4,5)55-29)33(47)35(50)43-28(20-24-18-19-24)34(49)36(51)42-22-30(48)44-31(37(52)46(6)7)25-14-10-8-11-15-25/h8,10-11,14-15,24,26-29,31-33H,9,12-13,16-23H2,1-7H3,(H,42,51)(H,43,50)(H,44,48)(H,45,54)/t27-,28?,29?,31-,32-,33?/m0/s1. The maximum Gasteiger partial charge on any atom is 0.408 e. The van der Waals surface area contributed by atoms with Gasteiger partial charge in [-0.05, 0) is 77.7 Å². The van der Waals surface area contributed by atoms with Gasteiger partial charge in [0.1, 0.15) is 23.7 Å². The number of carbonyl (C=O) groups excluding carboxylic acids is 7. The van der Waals surface area contributed by atoms with Crippen molar-refractivity contribution in [3.8, 4) is 0 Å². The molecular weight excluding hydrogens is 720 g/mol. The van der Waals surface area contributed by atoms with Gasteiger partial charge >= 0.3 is 6.09 Å². The predicted molar refractivity (Wildman–Crippen MR) is 206 cm³/mol. The van der Waals surface area contributed by atoms with Crippen molar-refractivity contribution < 1.29 is 43.0 Å². The van der Waals surface area contributed by atoms with E-state index in [0.717, 1.165) is 44.9 Å². The Balaban J connectivity index is 1.31. The summed E-state index contributed by atoms with van der Waals surface area (Å²) in [5.74, 6) is -4.42. The van der Waals surface area contributed by atoms with Gasteiger partial charge in [-0.15, -0.1) is 0 Å². The lowest BCUT2D eigenvalue weighted by molar-refractivity contribution is -0.145. The van der Waals surface area contributed by atoms with Gasteiger partial charge in [0.2, 0.25) is 29.4 Å². The third kappa shape index (κ3) is 11.1. The average Bonchev–Trinajstić information content (AvgIpc) is 3.82. The highest BCUT2D eigenvalue weighted by Crippen LogP contribution is 2.44. The smallest absolute Gasteiger partial charge is 0.408 e. The average molecular weight is 781 g/mol. The molecule has 2 saturated heterocycles. The first-order valence-electron chi connectivity index (χ1n) is 20.0. The fourth-order valence-electron chi connectivity index (χ4n) is 8.28. The van der Waals surface area contributed by atoms with E-state index in [1.54, 1.807) is 65.2 Å². The second-order valence-corrected chi connectivity index (χ2v) is 17.7. The minimum absolute atomic E-state index is 0.126. The van der Waals surface area contributed by atoms with Gasteiger partial charge in [-0.2, -0.15) is 0 Å². The second kappa shape index (κ2) is 17.7. The number of benzene rings is 1. The fraction of sp³-hybridized carbons (Fsp3) is 0.683. The third-order valence-corrected chi connectivity index (χ3v) is 11.1. The van der Waals surface area contributed by atoms with E-state index in [0.29, 0.717) is 12.0 Å². The fourth-order valence-corrected chi connectivity index (χ4v) is 8.28. The number of ketones is 1. The van der Waals surface area contributed by atoms with E-state index in [-0.39, 0.29) is 36.6 Å². The molecule has 308 valence electrons. The molecule has 0 spiro atoms. The molecule has 6 amide bonds. The molecule has 4 fully saturated rings. The number of hydrogen-bond acceptors (Lipinski definition) is 9. The maximum absolute atomic E-state index is 14.6. The minimum atomic E-state index is -1.20. The summed E-state index contributed by atoms with van der Waals surface area (Å²) in [6.07, 6.45) is 5.53. The molecule has 3 unspecified atom stereocenters. The number of likely N-dealkylation sites (N-methyl/N-ethyl adjacent to an activating group) is 1. The lowest BCUT2D eigenvalue weighted by atomic mass is 9.83. The molecule has 2 heterocycles. The molecule has 2 aliphatic heterocycles. The summed E-state index contributed by atoms with van der Waals surface area (Å²) in [6.45, 7) is 8.65. The Morgan fingerprint density at radius 1 is 0.929 bits per heavy atom. The topological polar surface area (TPSA) is 193 Å². The molecule has 2 saturated carbocycles. The van der Waals surface area contributed by atoms with E-state index in [9.17, 15) is 33.6 Å². The van der Waals surface area contributed by atoms with E-state index >= 15 is 0 Å². The van der Waals surface area contributed by atoms with E-state index in [1.165, 1.54) is 9.80 Å². The number of rotatable bonds is 14. The van der Waals surface area contributed by atoms with Crippen molar-refractivity contribution in [2.75, 3.05) is 27.2 Å². The molecule has 4 N–H and O–H groups in total. The minimum Gasteiger partial charge on any atom is -0.444 e. The highest BCUT2D eigenvalue weighted by Gasteiger charge is 2.56. The van der Waals surface area contributed by atoms with Crippen LogP contribution in [0.25, 0.3) is 0 Å². The lowest BCUT2D eigenvalue weighted by Crippen LogP contribution is -2.59. The van der Waals surface area contributed by atoms with Gasteiger partial charge < -0.3 is 40.5 Å². The summed E-state index contributed by atoms with van der Waals surface area (Å²) in [6, 6.07) is 4.51. The summed E-state index contributed by atoms with van der Waals surface area (Å²) >= 11 is 0. The van der Waals surface area contributed by atoms with Gasteiger partial charge in [-0.1, -0.05) is 62.4 Å². The zero-order valence-electron chi connectivity index (χ0n) is 33.9. The molecule has 15 heteroatoms. The van der Waals surface area contributed by atoms with E-state index in [4.69, 9.17) is 9.47 Å². The Bertz CT molecular complexity index is 1630. The van der Waals surface area contributed by atoms with Crippen LogP contribution >= 0.6 is 0 Å². The third-order valence-electron chi connectivity index (χ3n) is 11.1. The zero-order valence-corrected chi connectivity index (χ0v) is 33.9. The number of alkyl carbamates (subject to hydrolysis) is 1. The summed E-state index contributed by atoms with van der Waals surface area (Å²) < 4.78 is 11.9. The molecular formula is C41H60N6O9. The number of nitrogens with zero attached hydrogens (tertiary/aromatic N) is 2. The number of nitrogens with one attached hydrogen (secondary N) is 4. The van der Waals surface area contributed by atoms with Crippen molar-refractivity contribution in [3.05, 3.63) is 35.9 Å². The largest absolute Gasteiger partial charge is 0.444 e. The molecule has 0 aromatic heterocycles. The number of hydrogen-bond donors (Lipinski definition) is 4. The van der Waals surface area contributed by atoms with Crippen molar-refractivity contribution in [1.82, 2.24) is 31.1 Å². The van der Waals surface area contributed by atoms with Crippen LogP contribution in [0.15, 0.2) is 30.3 Å². The van der Waals surface area contributed by atoms with Crippen molar-refractivity contribution >= 4 is 41.4 Å². The number of likely N-dealkylation sites (tertiary alicyclic amines) is 1. The van der Waals surface area contributed by atoms with Crippen molar-refractivity contribution in [1.29, 1.82) is 0 Å². The van der Waals surface area contributed by atoms with Crippen LogP contribution in [0.1, 0.15) is 104 Å². The van der Waals surface area contributed by atoms with Crippen LogP contribution in [0.4, 0.5) is 4.79 Å². The Labute approximate surface area is 329 Å². The van der Waals surface area contributed by atoms with Gasteiger partial charge in [0, 0.05) is 26.6 Å². The first-order chi connectivity index (χ1) is 26.3. The van der Waals surface area contributed by atoms with Crippen LogP contribution in [0.5, 0.6) is 0 Å². The predicted octanol–water partition coefficient (Wildman–Crippen LogP) is 2.77. The molecule has 1 aromatic carbocycles. The van der Waals surface area contributed by atoms with E-state index in [1.807, 2.05) is 13.8 Å². The summed E-state index contributed by atoms with van der Waals surface area (Å²) in [5.41, 5.74) is -0.787. The number of carbonyl (C=O) groups is 7. The van der Waals surface area contributed by atoms with Gasteiger partial charge in [0.25, 0.3) is 5.91 Å².